The normalized spacial score (nSPS) is 17.5. The standard InChI is InChI=1S/C18H21N5O2S/c1-12-9-14(13(2)22(12)11-15-5-3-7-24-15)10-19-23-17(20-21-18(23)26)16-6-4-8-25-16/h4,6,8-10,15H,3,5,7,11H2,1-2H3,(H,21,26)/b19-10-/t15-/m0/s1. The molecule has 8 heteroatoms. The van der Waals surface area contributed by atoms with Crippen LogP contribution in [0.3, 0.4) is 0 Å². The number of nitrogens with one attached hydrogen (secondary N) is 1. The molecule has 7 nitrogen and oxygen atoms in total. The number of furan rings is 1. The van der Waals surface area contributed by atoms with Gasteiger partial charge in [-0.05, 0) is 57.1 Å². The minimum atomic E-state index is 0.303. The quantitative estimate of drug-likeness (QED) is 0.548. The lowest BCUT2D eigenvalue weighted by Crippen LogP contribution is -2.16. The van der Waals surface area contributed by atoms with E-state index in [0.717, 1.165) is 37.3 Å². The molecule has 0 unspecified atom stereocenters. The smallest absolute Gasteiger partial charge is 0.219 e. The Balaban J connectivity index is 1.62. The van der Waals surface area contributed by atoms with Gasteiger partial charge in [0.2, 0.25) is 10.6 Å². The van der Waals surface area contributed by atoms with Gasteiger partial charge in [-0.3, -0.25) is 0 Å². The average Bonchev–Trinajstić information content (AvgIpc) is 3.39. The third kappa shape index (κ3) is 3.17. The van der Waals surface area contributed by atoms with E-state index in [1.54, 1.807) is 17.0 Å². The lowest BCUT2D eigenvalue weighted by Gasteiger charge is -2.14. The lowest BCUT2D eigenvalue weighted by molar-refractivity contribution is 0.0962. The molecule has 1 N–H and O–H groups in total. The van der Waals surface area contributed by atoms with E-state index in [-0.39, 0.29) is 0 Å². The summed E-state index contributed by atoms with van der Waals surface area (Å²) in [6.45, 7) is 5.96. The number of hydrogen-bond donors (Lipinski definition) is 1. The van der Waals surface area contributed by atoms with Gasteiger partial charge in [-0.25, -0.2) is 5.10 Å². The highest BCUT2D eigenvalue weighted by molar-refractivity contribution is 7.71. The molecule has 0 saturated carbocycles. The van der Waals surface area contributed by atoms with Gasteiger partial charge in [-0.2, -0.15) is 9.78 Å². The van der Waals surface area contributed by atoms with E-state index in [2.05, 4.69) is 39.8 Å². The number of rotatable bonds is 5. The molecule has 0 amide bonds. The van der Waals surface area contributed by atoms with Gasteiger partial charge in [0.15, 0.2) is 5.76 Å². The highest BCUT2D eigenvalue weighted by Crippen LogP contribution is 2.20. The molecule has 3 aromatic rings. The van der Waals surface area contributed by atoms with Crippen LogP contribution in [0.4, 0.5) is 0 Å². The Morgan fingerprint density at radius 1 is 1.46 bits per heavy atom. The van der Waals surface area contributed by atoms with Crippen molar-refractivity contribution < 1.29 is 9.15 Å². The molecule has 1 fully saturated rings. The first-order chi connectivity index (χ1) is 12.6. The van der Waals surface area contributed by atoms with Crippen molar-refractivity contribution in [3.05, 3.63) is 46.2 Å². The second kappa shape index (κ2) is 7.05. The second-order valence-electron chi connectivity index (χ2n) is 6.46. The highest BCUT2D eigenvalue weighted by Gasteiger charge is 2.18. The Bertz CT molecular complexity index is 974. The Kier molecular flexibility index (Phi) is 4.60. The molecule has 0 aromatic carbocycles. The van der Waals surface area contributed by atoms with Crippen molar-refractivity contribution in [1.82, 2.24) is 19.4 Å². The summed E-state index contributed by atoms with van der Waals surface area (Å²) >= 11 is 5.29. The molecule has 0 spiro atoms. The number of nitrogens with zero attached hydrogens (tertiary/aromatic N) is 4. The second-order valence-corrected chi connectivity index (χ2v) is 6.84. The predicted octanol–water partition coefficient (Wildman–Crippen LogP) is 3.68. The van der Waals surface area contributed by atoms with Crippen LogP contribution < -0.4 is 0 Å². The van der Waals surface area contributed by atoms with E-state index >= 15 is 0 Å². The van der Waals surface area contributed by atoms with Gasteiger partial charge in [0.05, 0.1) is 18.6 Å². The van der Waals surface area contributed by atoms with E-state index in [9.17, 15) is 0 Å². The van der Waals surface area contributed by atoms with Crippen LogP contribution in [-0.4, -0.2) is 38.4 Å². The first kappa shape index (κ1) is 17.0. The zero-order chi connectivity index (χ0) is 18.1. The molecular weight excluding hydrogens is 350 g/mol. The molecule has 0 bridgehead atoms. The molecule has 4 heterocycles. The van der Waals surface area contributed by atoms with Crippen molar-refractivity contribution in [2.24, 2.45) is 5.10 Å². The van der Waals surface area contributed by atoms with Crippen LogP contribution in [0.2, 0.25) is 0 Å². The summed E-state index contributed by atoms with van der Waals surface area (Å²) in [5, 5.41) is 11.5. The van der Waals surface area contributed by atoms with Crippen LogP contribution in [0.25, 0.3) is 11.6 Å². The Hall–Kier alpha value is -2.45. The van der Waals surface area contributed by atoms with Gasteiger partial charge in [0, 0.05) is 30.1 Å². The van der Waals surface area contributed by atoms with Gasteiger partial charge in [0.1, 0.15) is 0 Å². The van der Waals surface area contributed by atoms with Crippen LogP contribution in [0.5, 0.6) is 0 Å². The molecule has 0 radical (unpaired) electrons. The zero-order valence-corrected chi connectivity index (χ0v) is 15.6. The van der Waals surface area contributed by atoms with E-state index in [0.29, 0.717) is 22.5 Å². The summed E-state index contributed by atoms with van der Waals surface area (Å²) in [6, 6.07) is 5.76. The number of ether oxygens (including phenoxy) is 1. The molecule has 1 aliphatic heterocycles. The summed E-state index contributed by atoms with van der Waals surface area (Å²) in [4.78, 5) is 0. The number of aromatic nitrogens is 4. The molecule has 1 aliphatic rings. The first-order valence-corrected chi connectivity index (χ1v) is 9.08. The molecule has 4 rings (SSSR count). The minimum absolute atomic E-state index is 0.303. The van der Waals surface area contributed by atoms with Crippen LogP contribution in [0.1, 0.15) is 29.8 Å². The summed E-state index contributed by atoms with van der Waals surface area (Å²) in [7, 11) is 0. The SMILES string of the molecule is Cc1cc(/C=N\n2c(-c3ccco3)n[nH]c2=S)c(C)n1C[C@@H]1CCCO1. The highest BCUT2D eigenvalue weighted by atomic mass is 32.1. The van der Waals surface area contributed by atoms with Crippen molar-refractivity contribution in [3.8, 4) is 11.6 Å². The molecule has 1 saturated heterocycles. The van der Waals surface area contributed by atoms with E-state index < -0.39 is 0 Å². The van der Waals surface area contributed by atoms with E-state index in [1.165, 1.54) is 5.69 Å². The van der Waals surface area contributed by atoms with Gasteiger partial charge in [-0.1, -0.05) is 0 Å². The molecular formula is C18H21N5O2S. The molecule has 1 atom stereocenters. The summed E-state index contributed by atoms with van der Waals surface area (Å²) < 4.78 is 15.5. The minimum Gasteiger partial charge on any atom is -0.461 e. The van der Waals surface area contributed by atoms with E-state index in [4.69, 9.17) is 21.4 Å². The Labute approximate surface area is 156 Å². The van der Waals surface area contributed by atoms with Gasteiger partial charge in [0.25, 0.3) is 0 Å². The number of aromatic amines is 1. The molecule has 3 aromatic heterocycles. The van der Waals surface area contributed by atoms with Crippen LogP contribution >= 0.6 is 12.2 Å². The topological polar surface area (TPSA) is 73.3 Å². The number of hydrogen-bond acceptors (Lipinski definition) is 5. The van der Waals surface area contributed by atoms with Crippen LogP contribution in [0.15, 0.2) is 34.0 Å². The maximum atomic E-state index is 5.77. The fourth-order valence-corrected chi connectivity index (χ4v) is 3.49. The van der Waals surface area contributed by atoms with Crippen molar-refractivity contribution >= 4 is 18.4 Å². The molecule has 136 valence electrons. The summed E-state index contributed by atoms with van der Waals surface area (Å²) in [5.74, 6) is 1.16. The fraction of sp³-hybridized carbons (Fsp3) is 0.389. The Morgan fingerprint density at radius 2 is 2.35 bits per heavy atom. The summed E-state index contributed by atoms with van der Waals surface area (Å²) in [5.41, 5.74) is 3.41. The van der Waals surface area contributed by atoms with Crippen molar-refractivity contribution in [1.29, 1.82) is 0 Å². The predicted molar refractivity (Wildman–Crippen MR) is 101 cm³/mol. The fourth-order valence-electron chi connectivity index (χ4n) is 3.32. The largest absolute Gasteiger partial charge is 0.461 e. The van der Waals surface area contributed by atoms with Gasteiger partial charge >= 0.3 is 0 Å². The van der Waals surface area contributed by atoms with Gasteiger partial charge < -0.3 is 13.7 Å². The third-order valence-electron chi connectivity index (χ3n) is 4.73. The van der Waals surface area contributed by atoms with Gasteiger partial charge in [-0.15, -0.1) is 5.10 Å². The monoisotopic (exact) mass is 371 g/mol. The van der Waals surface area contributed by atoms with Crippen molar-refractivity contribution in [2.45, 2.75) is 39.3 Å². The molecule has 0 aliphatic carbocycles. The van der Waals surface area contributed by atoms with Crippen molar-refractivity contribution in [2.75, 3.05) is 6.61 Å². The average molecular weight is 371 g/mol. The lowest BCUT2D eigenvalue weighted by atomic mass is 10.2. The van der Waals surface area contributed by atoms with Crippen LogP contribution in [-0.2, 0) is 11.3 Å². The first-order valence-electron chi connectivity index (χ1n) is 8.67. The zero-order valence-electron chi connectivity index (χ0n) is 14.8. The molecule has 26 heavy (non-hydrogen) atoms. The van der Waals surface area contributed by atoms with E-state index in [1.807, 2.05) is 12.3 Å². The maximum absolute atomic E-state index is 5.77. The Morgan fingerprint density at radius 3 is 3.08 bits per heavy atom. The summed E-state index contributed by atoms with van der Waals surface area (Å²) in [6.07, 6.45) is 5.98. The van der Waals surface area contributed by atoms with Crippen molar-refractivity contribution in [3.63, 3.8) is 0 Å². The maximum Gasteiger partial charge on any atom is 0.219 e. The third-order valence-corrected chi connectivity index (χ3v) is 4.99. The van der Waals surface area contributed by atoms with Crippen LogP contribution in [0, 0.1) is 18.6 Å². The number of H-pyrrole nitrogens is 1. The number of aryl methyl sites for hydroxylation is 1.